The molecule has 3 N–H and O–H groups in total. The molecule has 0 aliphatic heterocycles. The number of aliphatic hydroxyl groups excluding tert-OH is 1. The van der Waals surface area contributed by atoms with E-state index in [-0.39, 0.29) is 30.2 Å². The van der Waals surface area contributed by atoms with Crippen molar-refractivity contribution in [2.75, 3.05) is 24.3 Å². The van der Waals surface area contributed by atoms with Gasteiger partial charge in [-0.1, -0.05) is 6.92 Å². The van der Waals surface area contributed by atoms with Crippen molar-refractivity contribution in [1.29, 1.82) is 0 Å². The summed E-state index contributed by atoms with van der Waals surface area (Å²) in [5.41, 5.74) is 0. The van der Waals surface area contributed by atoms with Gasteiger partial charge in [-0.3, -0.25) is 0 Å². The summed E-state index contributed by atoms with van der Waals surface area (Å²) in [6.07, 6.45) is -4.60. The molecule has 1 rings (SSSR count). The van der Waals surface area contributed by atoms with Crippen molar-refractivity contribution in [3.63, 3.8) is 0 Å². The lowest BCUT2D eigenvalue weighted by Crippen LogP contribution is -2.27. The molecule has 2 unspecified atom stereocenters. The third-order valence-corrected chi connectivity index (χ3v) is 2.75. The molecule has 1 aromatic rings. The maximum atomic E-state index is 12.6. The molecular weight excluding hydrogens is 261 g/mol. The van der Waals surface area contributed by atoms with E-state index in [1.54, 1.807) is 13.8 Å². The molecule has 5 nitrogen and oxygen atoms in total. The molecule has 19 heavy (non-hydrogen) atoms. The van der Waals surface area contributed by atoms with Crippen molar-refractivity contribution < 1.29 is 18.3 Å². The average molecular weight is 278 g/mol. The van der Waals surface area contributed by atoms with Gasteiger partial charge < -0.3 is 15.7 Å². The zero-order chi connectivity index (χ0) is 14.6. The third-order valence-electron chi connectivity index (χ3n) is 2.75. The van der Waals surface area contributed by atoms with Crippen LogP contribution >= 0.6 is 0 Å². The van der Waals surface area contributed by atoms with Crippen LogP contribution in [0.3, 0.4) is 0 Å². The van der Waals surface area contributed by atoms with Crippen LogP contribution in [0.25, 0.3) is 0 Å². The lowest BCUT2D eigenvalue weighted by Gasteiger charge is -2.20. The van der Waals surface area contributed by atoms with Crippen molar-refractivity contribution in [2.45, 2.75) is 26.1 Å². The third kappa shape index (κ3) is 4.23. The number of nitrogens with zero attached hydrogens (tertiary/aromatic N) is 2. The second-order valence-corrected chi connectivity index (χ2v) is 4.30. The van der Waals surface area contributed by atoms with Crippen LogP contribution in [0.15, 0.2) is 6.07 Å². The van der Waals surface area contributed by atoms with E-state index in [1.807, 2.05) is 0 Å². The maximum absolute atomic E-state index is 12.6. The zero-order valence-electron chi connectivity index (χ0n) is 10.9. The minimum absolute atomic E-state index is 0.0652. The fourth-order valence-corrected chi connectivity index (χ4v) is 1.31. The van der Waals surface area contributed by atoms with E-state index in [0.717, 1.165) is 0 Å². The highest BCUT2D eigenvalue weighted by Gasteiger charge is 2.35. The molecule has 0 saturated carbocycles. The summed E-state index contributed by atoms with van der Waals surface area (Å²) in [6, 6.07) is 1.17. The molecule has 108 valence electrons. The molecule has 0 aromatic carbocycles. The topological polar surface area (TPSA) is 70.1 Å². The molecular formula is C11H17F3N4O. The summed E-state index contributed by atoms with van der Waals surface area (Å²) in [6.45, 7) is 3.47. The maximum Gasteiger partial charge on any atom is 0.451 e. The Hall–Kier alpha value is -1.57. The van der Waals surface area contributed by atoms with Gasteiger partial charge in [0.1, 0.15) is 11.6 Å². The fraction of sp³-hybridized carbons (Fsp3) is 0.636. The first-order valence-electron chi connectivity index (χ1n) is 5.79. The number of halogens is 3. The number of hydrogen-bond donors (Lipinski definition) is 3. The highest BCUT2D eigenvalue weighted by Crippen LogP contribution is 2.28. The SMILES string of the molecule is CNc1cc(NC(C)C(C)CO)nc(C(F)(F)F)n1. The van der Waals surface area contributed by atoms with Crippen molar-refractivity contribution >= 4 is 11.6 Å². The van der Waals surface area contributed by atoms with Gasteiger partial charge in [0.15, 0.2) is 0 Å². The molecule has 0 spiro atoms. The van der Waals surface area contributed by atoms with Crippen molar-refractivity contribution in [3.8, 4) is 0 Å². The molecule has 0 radical (unpaired) electrons. The molecule has 0 aliphatic rings. The van der Waals surface area contributed by atoms with E-state index in [0.29, 0.717) is 0 Å². The van der Waals surface area contributed by atoms with Gasteiger partial charge in [0, 0.05) is 25.8 Å². The molecule has 0 saturated heterocycles. The van der Waals surface area contributed by atoms with Gasteiger partial charge >= 0.3 is 6.18 Å². The molecule has 0 fully saturated rings. The van der Waals surface area contributed by atoms with E-state index in [4.69, 9.17) is 5.11 Å². The van der Waals surface area contributed by atoms with Crippen LogP contribution in [-0.2, 0) is 6.18 Å². The van der Waals surface area contributed by atoms with Crippen LogP contribution in [0.5, 0.6) is 0 Å². The molecule has 1 heterocycles. The van der Waals surface area contributed by atoms with E-state index in [2.05, 4.69) is 20.6 Å². The van der Waals surface area contributed by atoms with Crippen LogP contribution in [-0.4, -0.2) is 34.8 Å². The first kappa shape index (κ1) is 15.5. The minimum atomic E-state index is -4.60. The first-order valence-corrected chi connectivity index (χ1v) is 5.79. The first-order chi connectivity index (χ1) is 8.77. The van der Waals surface area contributed by atoms with Gasteiger partial charge in [0.2, 0.25) is 5.82 Å². The summed E-state index contributed by atoms with van der Waals surface area (Å²) in [4.78, 5) is 6.80. The van der Waals surface area contributed by atoms with Crippen LogP contribution in [0.4, 0.5) is 24.8 Å². The fourth-order valence-electron chi connectivity index (χ4n) is 1.31. The number of alkyl halides is 3. The van der Waals surface area contributed by atoms with Gasteiger partial charge in [0.25, 0.3) is 0 Å². The Morgan fingerprint density at radius 3 is 2.32 bits per heavy atom. The Labute approximate surface area is 109 Å². The Morgan fingerprint density at radius 1 is 1.26 bits per heavy atom. The summed E-state index contributed by atoms with van der Waals surface area (Å²) >= 11 is 0. The second-order valence-electron chi connectivity index (χ2n) is 4.30. The van der Waals surface area contributed by atoms with E-state index < -0.39 is 12.0 Å². The zero-order valence-corrected chi connectivity index (χ0v) is 10.9. The molecule has 8 heteroatoms. The van der Waals surface area contributed by atoms with Gasteiger partial charge in [0.05, 0.1) is 0 Å². The lowest BCUT2D eigenvalue weighted by molar-refractivity contribution is -0.144. The van der Waals surface area contributed by atoms with Crippen molar-refractivity contribution in [1.82, 2.24) is 9.97 Å². The normalized spacial score (nSPS) is 14.9. The standard InChI is InChI=1S/C11H17F3N4O/c1-6(5-19)7(2)16-9-4-8(15-3)17-10(18-9)11(12,13)14/h4,6-7,19H,5H2,1-3H3,(H2,15,16,17,18). The number of nitrogens with one attached hydrogen (secondary N) is 2. The smallest absolute Gasteiger partial charge is 0.396 e. The highest BCUT2D eigenvalue weighted by atomic mass is 19.4. The second kappa shape index (κ2) is 6.05. The van der Waals surface area contributed by atoms with Gasteiger partial charge in [-0.2, -0.15) is 13.2 Å². The predicted molar refractivity (Wildman–Crippen MR) is 65.9 cm³/mol. The number of hydrogen-bond acceptors (Lipinski definition) is 5. The van der Waals surface area contributed by atoms with Gasteiger partial charge in [-0.25, -0.2) is 9.97 Å². The Morgan fingerprint density at radius 2 is 1.84 bits per heavy atom. The van der Waals surface area contributed by atoms with Gasteiger partial charge in [-0.05, 0) is 12.8 Å². The number of anilines is 2. The lowest BCUT2D eigenvalue weighted by atomic mass is 10.1. The predicted octanol–water partition coefficient (Wildman–Crippen LogP) is 1.97. The monoisotopic (exact) mass is 278 g/mol. The van der Waals surface area contributed by atoms with Crippen LogP contribution in [0.1, 0.15) is 19.7 Å². The number of rotatable bonds is 5. The molecule has 0 aliphatic carbocycles. The molecule has 2 atom stereocenters. The highest BCUT2D eigenvalue weighted by molar-refractivity contribution is 5.48. The van der Waals surface area contributed by atoms with Crippen molar-refractivity contribution in [2.24, 2.45) is 5.92 Å². The van der Waals surface area contributed by atoms with E-state index >= 15 is 0 Å². The Kier molecular flexibility index (Phi) is 4.93. The Bertz CT molecular complexity index is 425. The summed E-state index contributed by atoms with van der Waals surface area (Å²) < 4.78 is 37.9. The largest absolute Gasteiger partial charge is 0.451 e. The summed E-state index contributed by atoms with van der Waals surface area (Å²) in [7, 11) is 1.48. The van der Waals surface area contributed by atoms with Gasteiger partial charge in [-0.15, -0.1) is 0 Å². The number of aliphatic hydroxyl groups is 1. The van der Waals surface area contributed by atoms with Crippen molar-refractivity contribution in [3.05, 3.63) is 11.9 Å². The summed E-state index contributed by atoms with van der Waals surface area (Å²) in [5.74, 6) is -1.17. The Balaban J connectivity index is 3.01. The van der Waals surface area contributed by atoms with Crippen LogP contribution in [0, 0.1) is 5.92 Å². The molecule has 0 amide bonds. The van der Waals surface area contributed by atoms with Crippen LogP contribution < -0.4 is 10.6 Å². The van der Waals surface area contributed by atoms with E-state index in [1.165, 1.54) is 13.1 Å². The van der Waals surface area contributed by atoms with E-state index in [9.17, 15) is 13.2 Å². The minimum Gasteiger partial charge on any atom is -0.396 e. The quantitative estimate of drug-likeness (QED) is 0.768. The average Bonchev–Trinajstić information content (AvgIpc) is 2.36. The van der Waals surface area contributed by atoms with Crippen LogP contribution in [0.2, 0.25) is 0 Å². The summed E-state index contributed by atoms with van der Waals surface area (Å²) in [5, 5.41) is 14.4. The molecule has 0 bridgehead atoms. The molecule has 1 aromatic heterocycles. The number of aromatic nitrogens is 2.